The molecule has 10 aromatic rings. The molecule has 0 fully saturated rings. The fourth-order valence-corrected chi connectivity index (χ4v) is 8.86. The van der Waals surface area contributed by atoms with Gasteiger partial charge in [-0.25, -0.2) is 0 Å². The smallest absolute Gasteiger partial charge is 0.0503 e. The molecule has 72 heavy (non-hydrogen) atoms. The molecule has 0 radical (unpaired) electrons. The summed E-state index contributed by atoms with van der Waals surface area (Å²) in [6.45, 7) is 6.43. The van der Waals surface area contributed by atoms with Gasteiger partial charge < -0.3 is 14.7 Å². The molecule has 10 aromatic carbocycles. The highest BCUT2D eigenvalue weighted by molar-refractivity contribution is 5.90. The topological polar surface area (TPSA) is 9.72 Å². The molecule has 0 spiro atoms. The van der Waals surface area contributed by atoms with E-state index in [1.165, 1.54) is 33.4 Å². The van der Waals surface area contributed by atoms with E-state index in [1.807, 2.05) is 0 Å². The summed E-state index contributed by atoms with van der Waals surface area (Å²) in [5.41, 5.74) is 19.8. The predicted octanol–water partition coefficient (Wildman–Crippen LogP) is 19.5. The lowest BCUT2D eigenvalue weighted by molar-refractivity contribution is 1.22. The number of nitrogens with zero attached hydrogens (tertiary/aromatic N) is 3. The summed E-state index contributed by atoms with van der Waals surface area (Å²) < 4.78 is 0. The third-order valence-corrected chi connectivity index (χ3v) is 12.8. The maximum absolute atomic E-state index is 2.38. The quantitative estimate of drug-likeness (QED) is 0.0949. The van der Waals surface area contributed by atoms with Crippen molar-refractivity contribution < 1.29 is 0 Å². The zero-order valence-corrected chi connectivity index (χ0v) is 41.1. The standard InChI is InChI=1S/C69H57N3/c1-52-19-37-61(38-20-52)70(64-43-31-58(32-44-64)28-25-55-13-7-4-8-14-55)67-49-68(71(62-39-21-53(2)22-40-62)65-45-33-59(34-46-65)29-26-56-15-9-5-10-16-56)51-69(50-67)72(63-41-23-54(3)24-42-63)66-47-35-60(36-48-66)30-27-57-17-11-6-12-18-57/h4-51H,1-3H3/b28-25+,29-26+,30-27+. The van der Waals surface area contributed by atoms with Gasteiger partial charge in [-0.3, -0.25) is 0 Å². The first-order valence-corrected chi connectivity index (χ1v) is 24.6. The van der Waals surface area contributed by atoms with Gasteiger partial charge in [-0.1, -0.05) is 217 Å². The van der Waals surface area contributed by atoms with Crippen molar-refractivity contribution in [2.75, 3.05) is 14.7 Å². The highest BCUT2D eigenvalue weighted by Crippen LogP contribution is 2.46. The van der Waals surface area contributed by atoms with Crippen molar-refractivity contribution in [1.29, 1.82) is 0 Å². The van der Waals surface area contributed by atoms with Gasteiger partial charge in [0, 0.05) is 34.1 Å². The molecule has 0 saturated heterocycles. The fraction of sp³-hybridized carbons (Fsp3) is 0.0435. The van der Waals surface area contributed by atoms with Crippen molar-refractivity contribution in [3.05, 3.63) is 305 Å². The van der Waals surface area contributed by atoms with Gasteiger partial charge in [-0.05, 0) is 145 Å². The van der Waals surface area contributed by atoms with Crippen molar-refractivity contribution in [2.45, 2.75) is 20.8 Å². The van der Waals surface area contributed by atoms with E-state index in [0.717, 1.165) is 67.9 Å². The van der Waals surface area contributed by atoms with Crippen molar-refractivity contribution >= 4 is 87.6 Å². The molecule has 0 saturated carbocycles. The first-order chi connectivity index (χ1) is 35.4. The van der Waals surface area contributed by atoms with E-state index in [4.69, 9.17) is 0 Å². The van der Waals surface area contributed by atoms with Crippen LogP contribution in [0.3, 0.4) is 0 Å². The Kier molecular flexibility index (Phi) is 14.3. The molecule has 0 N–H and O–H groups in total. The van der Waals surface area contributed by atoms with Gasteiger partial charge in [0.1, 0.15) is 0 Å². The molecule has 0 amide bonds. The maximum Gasteiger partial charge on any atom is 0.0503 e. The van der Waals surface area contributed by atoms with Crippen LogP contribution in [0.1, 0.15) is 50.1 Å². The van der Waals surface area contributed by atoms with E-state index in [2.05, 4.69) is 327 Å². The second-order valence-corrected chi connectivity index (χ2v) is 18.2. The molecule has 3 heteroatoms. The number of hydrogen-bond acceptors (Lipinski definition) is 3. The first-order valence-electron chi connectivity index (χ1n) is 24.6. The zero-order valence-electron chi connectivity index (χ0n) is 41.1. The number of benzene rings is 10. The second kappa shape index (κ2) is 22.1. The molecular formula is C69H57N3. The molecule has 3 nitrogen and oxygen atoms in total. The Morgan fingerprint density at radius 2 is 0.375 bits per heavy atom. The average Bonchev–Trinajstić information content (AvgIpc) is 3.43. The number of anilines is 9. The summed E-state index contributed by atoms with van der Waals surface area (Å²) in [7, 11) is 0. The normalized spacial score (nSPS) is 11.4. The highest BCUT2D eigenvalue weighted by Gasteiger charge is 2.22. The summed E-state index contributed by atoms with van der Waals surface area (Å²) in [5, 5.41) is 0. The predicted molar refractivity (Wildman–Crippen MR) is 311 cm³/mol. The minimum atomic E-state index is 1.01. The van der Waals surface area contributed by atoms with Gasteiger partial charge in [-0.2, -0.15) is 0 Å². The van der Waals surface area contributed by atoms with Gasteiger partial charge in [0.2, 0.25) is 0 Å². The van der Waals surface area contributed by atoms with Crippen molar-refractivity contribution in [3.8, 4) is 0 Å². The lowest BCUT2D eigenvalue weighted by Crippen LogP contribution is -2.16. The zero-order chi connectivity index (χ0) is 49.1. The SMILES string of the molecule is Cc1ccc(N(c2ccc(/C=C/c3ccccc3)cc2)c2cc(N(c3ccc(C)cc3)c3ccc(/C=C/c4ccccc4)cc3)cc(N(c3ccc(C)cc3)c3ccc(/C=C/c4ccccc4)cc3)c2)cc1. The molecule has 10 rings (SSSR count). The Bertz CT molecular complexity index is 3030. The molecule has 348 valence electrons. The Morgan fingerprint density at radius 3 is 0.583 bits per heavy atom. The van der Waals surface area contributed by atoms with E-state index < -0.39 is 0 Å². The summed E-state index contributed by atoms with van der Waals surface area (Å²) in [5.74, 6) is 0. The van der Waals surface area contributed by atoms with Crippen molar-refractivity contribution in [3.63, 3.8) is 0 Å². The van der Waals surface area contributed by atoms with Crippen LogP contribution in [0.4, 0.5) is 51.2 Å². The molecule has 0 aromatic heterocycles. The van der Waals surface area contributed by atoms with Gasteiger partial charge >= 0.3 is 0 Å². The Hall–Kier alpha value is -9.18. The van der Waals surface area contributed by atoms with Crippen molar-refractivity contribution in [2.24, 2.45) is 0 Å². The van der Waals surface area contributed by atoms with Crippen LogP contribution in [-0.4, -0.2) is 0 Å². The van der Waals surface area contributed by atoms with Crippen LogP contribution in [0.15, 0.2) is 255 Å². The van der Waals surface area contributed by atoms with E-state index in [0.29, 0.717) is 0 Å². The largest absolute Gasteiger partial charge is 0.310 e. The minimum Gasteiger partial charge on any atom is -0.310 e. The third kappa shape index (κ3) is 11.5. The molecule has 0 unspecified atom stereocenters. The highest BCUT2D eigenvalue weighted by atomic mass is 15.2. The van der Waals surface area contributed by atoms with E-state index in [1.54, 1.807) is 0 Å². The second-order valence-electron chi connectivity index (χ2n) is 18.2. The maximum atomic E-state index is 2.38. The molecule has 0 aliphatic heterocycles. The van der Waals surface area contributed by atoms with E-state index in [9.17, 15) is 0 Å². The van der Waals surface area contributed by atoms with Crippen LogP contribution in [0.2, 0.25) is 0 Å². The van der Waals surface area contributed by atoms with E-state index >= 15 is 0 Å². The summed E-state index contributed by atoms with van der Waals surface area (Å²) in [4.78, 5) is 7.15. The number of hydrogen-bond donors (Lipinski definition) is 0. The molecule has 0 bridgehead atoms. The summed E-state index contributed by atoms with van der Waals surface area (Å²) in [6, 6.07) is 91.5. The summed E-state index contributed by atoms with van der Waals surface area (Å²) in [6.07, 6.45) is 13.0. The Balaban J connectivity index is 1.16. The first kappa shape index (κ1) is 46.5. The van der Waals surface area contributed by atoms with Gasteiger partial charge in [0.25, 0.3) is 0 Å². The minimum absolute atomic E-state index is 1.01. The van der Waals surface area contributed by atoms with Crippen LogP contribution in [0.5, 0.6) is 0 Å². The fourth-order valence-electron chi connectivity index (χ4n) is 8.86. The van der Waals surface area contributed by atoms with Crippen LogP contribution in [-0.2, 0) is 0 Å². The number of rotatable bonds is 15. The molecule has 0 atom stereocenters. The van der Waals surface area contributed by atoms with Crippen LogP contribution in [0, 0.1) is 20.8 Å². The monoisotopic (exact) mass is 927 g/mol. The number of aryl methyl sites for hydroxylation is 3. The van der Waals surface area contributed by atoms with Crippen LogP contribution >= 0.6 is 0 Å². The Labute approximate surface area is 425 Å². The molecule has 0 heterocycles. The van der Waals surface area contributed by atoms with E-state index in [-0.39, 0.29) is 0 Å². The summed E-state index contributed by atoms with van der Waals surface area (Å²) >= 11 is 0. The van der Waals surface area contributed by atoms with Crippen molar-refractivity contribution in [1.82, 2.24) is 0 Å². The molecule has 0 aliphatic rings. The Morgan fingerprint density at radius 1 is 0.194 bits per heavy atom. The average molecular weight is 928 g/mol. The van der Waals surface area contributed by atoms with Crippen LogP contribution in [0.25, 0.3) is 36.5 Å². The molecule has 0 aliphatic carbocycles. The lowest BCUT2D eigenvalue weighted by Gasteiger charge is -2.33. The van der Waals surface area contributed by atoms with Gasteiger partial charge in [0.15, 0.2) is 0 Å². The molecular weight excluding hydrogens is 871 g/mol. The van der Waals surface area contributed by atoms with Gasteiger partial charge in [-0.15, -0.1) is 0 Å². The lowest BCUT2D eigenvalue weighted by atomic mass is 10.1. The third-order valence-electron chi connectivity index (χ3n) is 12.8. The van der Waals surface area contributed by atoms with Gasteiger partial charge in [0.05, 0.1) is 17.1 Å². The van der Waals surface area contributed by atoms with Crippen LogP contribution < -0.4 is 14.7 Å².